The lowest BCUT2D eigenvalue weighted by atomic mass is 10.0. The van der Waals surface area contributed by atoms with E-state index in [0.717, 1.165) is 29.8 Å². The van der Waals surface area contributed by atoms with Gasteiger partial charge in [-0.05, 0) is 42.7 Å². The minimum atomic E-state index is 0.267. The van der Waals surface area contributed by atoms with Gasteiger partial charge in [0.2, 0.25) is 0 Å². The Bertz CT molecular complexity index is 659. The summed E-state index contributed by atoms with van der Waals surface area (Å²) in [6, 6.07) is 9.65. The summed E-state index contributed by atoms with van der Waals surface area (Å²) < 4.78 is 5.72. The third-order valence-corrected chi connectivity index (χ3v) is 3.28. The van der Waals surface area contributed by atoms with Gasteiger partial charge in [-0.25, -0.2) is 0 Å². The quantitative estimate of drug-likeness (QED) is 0.911. The van der Waals surface area contributed by atoms with E-state index in [4.69, 9.17) is 4.74 Å². The number of hydrogen-bond acceptors (Lipinski definition) is 5. The summed E-state index contributed by atoms with van der Waals surface area (Å²) in [7, 11) is 1.85. The molecular weight excluding hydrogens is 264 g/mol. The Morgan fingerprint density at radius 1 is 1.14 bits per heavy atom. The molecule has 0 amide bonds. The fraction of sp³-hybridized carbons (Fsp3) is 0.312. The highest BCUT2D eigenvalue weighted by molar-refractivity contribution is 5.49. The molecule has 0 radical (unpaired) electrons. The number of anilines is 1. The van der Waals surface area contributed by atoms with Crippen LogP contribution in [0.3, 0.4) is 0 Å². The third-order valence-electron chi connectivity index (χ3n) is 3.28. The summed E-state index contributed by atoms with van der Waals surface area (Å²) in [5.74, 6) is 0.898. The highest BCUT2D eigenvalue weighted by Gasteiger charge is 2.15. The molecule has 21 heavy (non-hydrogen) atoms. The fourth-order valence-corrected chi connectivity index (χ4v) is 2.14. The zero-order chi connectivity index (χ0) is 15.2. The molecule has 0 atom stereocenters. The van der Waals surface area contributed by atoms with E-state index in [0.29, 0.717) is 11.3 Å². The Kier molecular flexibility index (Phi) is 4.72. The molecule has 0 unspecified atom stereocenters. The molecule has 108 valence electrons. The van der Waals surface area contributed by atoms with Crippen molar-refractivity contribution in [1.29, 1.82) is 5.26 Å². The third kappa shape index (κ3) is 3.11. The number of nitrogens with zero attached hydrogens (tertiary/aromatic N) is 3. The van der Waals surface area contributed by atoms with Crippen LogP contribution in [0.4, 0.5) is 5.69 Å². The van der Waals surface area contributed by atoms with E-state index < -0.39 is 0 Å². The standard InChI is InChI=1S/C16H18N4O/c1-4-13-14(10-17)16(20-19-15(13)5-2)21-12-8-6-11(18-3)7-9-12/h6-9,18H,4-5H2,1-3H3. The maximum Gasteiger partial charge on any atom is 0.257 e. The summed E-state index contributed by atoms with van der Waals surface area (Å²) in [6.45, 7) is 4.00. The number of ether oxygens (including phenoxy) is 1. The lowest BCUT2D eigenvalue weighted by Gasteiger charge is -2.11. The number of rotatable bonds is 5. The van der Waals surface area contributed by atoms with Crippen LogP contribution in [0.1, 0.15) is 30.7 Å². The zero-order valence-corrected chi connectivity index (χ0v) is 12.5. The normalized spacial score (nSPS) is 10.0. The Balaban J connectivity index is 2.37. The maximum absolute atomic E-state index is 9.40. The Morgan fingerprint density at radius 3 is 2.38 bits per heavy atom. The van der Waals surface area contributed by atoms with Crippen LogP contribution in [0.15, 0.2) is 24.3 Å². The van der Waals surface area contributed by atoms with Gasteiger partial charge >= 0.3 is 0 Å². The molecule has 0 aliphatic rings. The fourth-order valence-electron chi connectivity index (χ4n) is 2.14. The van der Waals surface area contributed by atoms with Gasteiger partial charge < -0.3 is 10.1 Å². The molecule has 0 aliphatic carbocycles. The molecule has 1 aromatic heterocycles. The van der Waals surface area contributed by atoms with Gasteiger partial charge in [-0.3, -0.25) is 0 Å². The van der Waals surface area contributed by atoms with Gasteiger partial charge in [0.25, 0.3) is 5.88 Å². The van der Waals surface area contributed by atoms with E-state index in [1.807, 2.05) is 45.2 Å². The van der Waals surface area contributed by atoms with Crippen LogP contribution in [0.5, 0.6) is 11.6 Å². The van der Waals surface area contributed by atoms with Gasteiger partial charge in [0, 0.05) is 12.7 Å². The lowest BCUT2D eigenvalue weighted by Crippen LogP contribution is -2.05. The van der Waals surface area contributed by atoms with Crippen LogP contribution in [0.2, 0.25) is 0 Å². The minimum absolute atomic E-state index is 0.267. The van der Waals surface area contributed by atoms with E-state index >= 15 is 0 Å². The first-order valence-corrected chi connectivity index (χ1v) is 6.97. The molecule has 0 aliphatic heterocycles. The highest BCUT2D eigenvalue weighted by Crippen LogP contribution is 2.27. The Hall–Kier alpha value is -2.61. The summed E-state index contributed by atoms with van der Waals surface area (Å²) in [4.78, 5) is 0. The molecule has 1 heterocycles. The number of nitrogens with one attached hydrogen (secondary N) is 1. The van der Waals surface area contributed by atoms with Crippen LogP contribution in [0.25, 0.3) is 0 Å². The van der Waals surface area contributed by atoms with Crippen molar-refractivity contribution in [2.75, 3.05) is 12.4 Å². The second-order valence-corrected chi connectivity index (χ2v) is 4.50. The van der Waals surface area contributed by atoms with Crippen molar-refractivity contribution in [1.82, 2.24) is 10.2 Å². The molecule has 5 heteroatoms. The van der Waals surface area contributed by atoms with Crippen LogP contribution in [-0.2, 0) is 12.8 Å². The summed E-state index contributed by atoms with van der Waals surface area (Å²) >= 11 is 0. The first-order valence-electron chi connectivity index (χ1n) is 6.97. The largest absolute Gasteiger partial charge is 0.437 e. The number of hydrogen-bond donors (Lipinski definition) is 1. The smallest absolute Gasteiger partial charge is 0.257 e. The van der Waals surface area contributed by atoms with Crippen molar-refractivity contribution in [3.05, 3.63) is 41.1 Å². The van der Waals surface area contributed by atoms with E-state index in [1.54, 1.807) is 0 Å². The SMILES string of the molecule is CCc1nnc(Oc2ccc(NC)cc2)c(C#N)c1CC. The monoisotopic (exact) mass is 282 g/mol. The number of benzene rings is 1. The molecule has 2 rings (SSSR count). The van der Waals surface area contributed by atoms with Gasteiger partial charge in [0.05, 0.1) is 5.69 Å². The first-order chi connectivity index (χ1) is 10.2. The first kappa shape index (κ1) is 14.8. The van der Waals surface area contributed by atoms with Gasteiger partial charge in [-0.15, -0.1) is 5.10 Å². The number of aromatic nitrogens is 2. The van der Waals surface area contributed by atoms with Crippen molar-refractivity contribution < 1.29 is 4.74 Å². The van der Waals surface area contributed by atoms with Crippen LogP contribution < -0.4 is 10.1 Å². The van der Waals surface area contributed by atoms with Crippen LogP contribution >= 0.6 is 0 Å². The zero-order valence-electron chi connectivity index (χ0n) is 12.5. The minimum Gasteiger partial charge on any atom is -0.437 e. The van der Waals surface area contributed by atoms with Crippen molar-refractivity contribution in [3.63, 3.8) is 0 Å². The average molecular weight is 282 g/mol. The second kappa shape index (κ2) is 6.71. The predicted octanol–water partition coefficient (Wildman–Crippen LogP) is 3.31. The molecular formula is C16H18N4O. The molecule has 0 saturated carbocycles. The van der Waals surface area contributed by atoms with Gasteiger partial charge in [-0.1, -0.05) is 13.8 Å². The van der Waals surface area contributed by atoms with Gasteiger partial charge in [-0.2, -0.15) is 10.4 Å². The van der Waals surface area contributed by atoms with Crippen LogP contribution in [-0.4, -0.2) is 17.2 Å². The van der Waals surface area contributed by atoms with E-state index in [2.05, 4.69) is 21.6 Å². The van der Waals surface area contributed by atoms with Gasteiger partial charge in [0.15, 0.2) is 0 Å². The van der Waals surface area contributed by atoms with Crippen molar-refractivity contribution >= 4 is 5.69 Å². The van der Waals surface area contributed by atoms with E-state index in [1.165, 1.54) is 0 Å². The van der Waals surface area contributed by atoms with Gasteiger partial charge in [0.1, 0.15) is 17.4 Å². The second-order valence-electron chi connectivity index (χ2n) is 4.50. The van der Waals surface area contributed by atoms with Crippen molar-refractivity contribution in [2.45, 2.75) is 26.7 Å². The Labute approximate surface area is 124 Å². The average Bonchev–Trinajstić information content (AvgIpc) is 2.54. The lowest BCUT2D eigenvalue weighted by molar-refractivity contribution is 0.451. The number of aryl methyl sites for hydroxylation is 1. The predicted molar refractivity (Wildman–Crippen MR) is 81.6 cm³/mol. The maximum atomic E-state index is 9.40. The Morgan fingerprint density at radius 2 is 1.86 bits per heavy atom. The summed E-state index contributed by atoms with van der Waals surface area (Å²) in [6.07, 6.45) is 1.48. The number of nitriles is 1. The summed E-state index contributed by atoms with van der Waals surface area (Å²) in [5.41, 5.74) is 3.23. The molecule has 1 aromatic carbocycles. The molecule has 0 saturated heterocycles. The molecule has 1 N–H and O–H groups in total. The van der Waals surface area contributed by atoms with E-state index in [-0.39, 0.29) is 5.88 Å². The molecule has 2 aromatic rings. The molecule has 5 nitrogen and oxygen atoms in total. The van der Waals surface area contributed by atoms with Crippen molar-refractivity contribution in [3.8, 4) is 17.7 Å². The van der Waals surface area contributed by atoms with E-state index in [9.17, 15) is 5.26 Å². The highest BCUT2D eigenvalue weighted by atomic mass is 16.5. The molecule has 0 fully saturated rings. The topological polar surface area (TPSA) is 70.8 Å². The van der Waals surface area contributed by atoms with Crippen LogP contribution in [0, 0.1) is 11.3 Å². The summed E-state index contributed by atoms with van der Waals surface area (Å²) in [5, 5.41) is 20.7. The van der Waals surface area contributed by atoms with Crippen molar-refractivity contribution in [2.24, 2.45) is 0 Å². The molecule has 0 bridgehead atoms. The molecule has 0 spiro atoms.